The zero-order valence-corrected chi connectivity index (χ0v) is 9.01. The predicted molar refractivity (Wildman–Crippen MR) is 54.5 cm³/mol. The Bertz CT molecular complexity index is 339. The van der Waals surface area contributed by atoms with Crippen LogP contribution in [0.2, 0.25) is 0 Å². The van der Waals surface area contributed by atoms with Crippen LogP contribution in [0.25, 0.3) is 0 Å². The minimum absolute atomic E-state index is 0.138. The zero-order chi connectivity index (χ0) is 12.2. The second-order valence-electron chi connectivity index (χ2n) is 3.49. The van der Waals surface area contributed by atoms with Gasteiger partial charge in [-0.2, -0.15) is 13.2 Å². The molecule has 0 saturated heterocycles. The first kappa shape index (κ1) is 12.6. The van der Waals surface area contributed by atoms with Crippen molar-refractivity contribution >= 4 is 5.69 Å². The molecule has 1 heterocycles. The van der Waals surface area contributed by atoms with Crippen molar-refractivity contribution in [3.63, 3.8) is 0 Å². The van der Waals surface area contributed by atoms with E-state index in [1.165, 1.54) is 12.3 Å². The lowest BCUT2D eigenvalue weighted by molar-refractivity contribution is -0.115. The summed E-state index contributed by atoms with van der Waals surface area (Å²) >= 11 is 0. The number of nitrogens with one attached hydrogen (secondary N) is 1. The third-order valence-electron chi connectivity index (χ3n) is 1.60. The van der Waals surface area contributed by atoms with E-state index in [0.29, 0.717) is 0 Å². The number of aromatic nitrogens is 1. The summed E-state index contributed by atoms with van der Waals surface area (Å²) in [5.41, 5.74) is 0.244. The van der Waals surface area contributed by atoms with Crippen LogP contribution in [-0.2, 0) is 0 Å². The predicted octanol–water partition coefficient (Wildman–Crippen LogP) is 2.84. The number of pyridine rings is 1. The van der Waals surface area contributed by atoms with E-state index in [0.717, 1.165) is 0 Å². The van der Waals surface area contributed by atoms with Crippen molar-refractivity contribution in [3.8, 4) is 5.88 Å². The fourth-order valence-corrected chi connectivity index (χ4v) is 1.04. The van der Waals surface area contributed by atoms with Crippen LogP contribution in [0.5, 0.6) is 5.88 Å². The molecule has 0 bridgehead atoms. The smallest absolute Gasteiger partial charge is 0.405 e. The van der Waals surface area contributed by atoms with Crippen LogP contribution in [-0.4, -0.2) is 23.8 Å². The Morgan fingerprint density at radius 3 is 2.69 bits per heavy atom. The summed E-state index contributed by atoms with van der Waals surface area (Å²) in [5, 5.41) is 2.25. The molecule has 0 radical (unpaired) electrons. The molecular weight excluding hydrogens is 221 g/mol. The first-order chi connectivity index (χ1) is 7.38. The second kappa shape index (κ2) is 5.05. The van der Waals surface area contributed by atoms with Crippen molar-refractivity contribution in [2.45, 2.75) is 26.1 Å². The first-order valence-corrected chi connectivity index (χ1v) is 4.81. The maximum atomic E-state index is 12.0. The maximum Gasteiger partial charge on any atom is 0.405 e. The lowest BCUT2D eigenvalue weighted by atomic mass is 10.4. The van der Waals surface area contributed by atoms with E-state index in [1.54, 1.807) is 19.9 Å². The van der Waals surface area contributed by atoms with Gasteiger partial charge in [-0.25, -0.2) is 4.98 Å². The fourth-order valence-electron chi connectivity index (χ4n) is 1.04. The highest BCUT2D eigenvalue weighted by Crippen LogP contribution is 2.23. The SMILES string of the molecule is CC(C)Oc1ncccc1NCC(F)(F)F. The topological polar surface area (TPSA) is 34.1 Å². The Balaban J connectivity index is 2.71. The van der Waals surface area contributed by atoms with Crippen LogP contribution in [0, 0.1) is 0 Å². The normalized spacial score (nSPS) is 11.6. The first-order valence-electron chi connectivity index (χ1n) is 4.81. The van der Waals surface area contributed by atoms with Crippen molar-refractivity contribution in [1.82, 2.24) is 4.98 Å². The molecule has 1 N–H and O–H groups in total. The van der Waals surface area contributed by atoms with Crippen LogP contribution in [0.15, 0.2) is 18.3 Å². The molecule has 3 nitrogen and oxygen atoms in total. The molecule has 1 aromatic rings. The molecule has 0 unspecified atom stereocenters. The van der Waals surface area contributed by atoms with Gasteiger partial charge >= 0.3 is 6.18 Å². The molecule has 0 aliphatic rings. The molecule has 0 atom stereocenters. The molecule has 0 aliphatic carbocycles. The van der Waals surface area contributed by atoms with Crippen LogP contribution >= 0.6 is 0 Å². The number of alkyl halides is 3. The lowest BCUT2D eigenvalue weighted by Gasteiger charge is -2.14. The Kier molecular flexibility index (Phi) is 3.98. The minimum atomic E-state index is -4.26. The minimum Gasteiger partial charge on any atom is -0.473 e. The standard InChI is InChI=1S/C10H13F3N2O/c1-7(2)16-9-8(4-3-5-14-9)15-6-10(11,12)13/h3-5,7,15H,6H2,1-2H3. The van der Waals surface area contributed by atoms with Gasteiger partial charge in [0, 0.05) is 6.20 Å². The summed E-state index contributed by atoms with van der Waals surface area (Å²) in [6, 6.07) is 3.04. The molecule has 0 aliphatic heterocycles. The van der Waals surface area contributed by atoms with Gasteiger partial charge in [0.15, 0.2) is 0 Å². The Hall–Kier alpha value is -1.46. The number of hydrogen-bond acceptors (Lipinski definition) is 3. The van der Waals surface area contributed by atoms with Gasteiger partial charge in [0.25, 0.3) is 0 Å². The third kappa shape index (κ3) is 4.37. The second-order valence-corrected chi connectivity index (χ2v) is 3.49. The highest BCUT2D eigenvalue weighted by Gasteiger charge is 2.27. The number of ether oxygens (including phenoxy) is 1. The van der Waals surface area contributed by atoms with Gasteiger partial charge in [-0.1, -0.05) is 0 Å². The van der Waals surface area contributed by atoms with Gasteiger partial charge in [-0.3, -0.25) is 0 Å². The quantitative estimate of drug-likeness (QED) is 0.869. The number of anilines is 1. The molecule has 1 aromatic heterocycles. The monoisotopic (exact) mass is 234 g/mol. The van der Waals surface area contributed by atoms with Gasteiger partial charge in [0.2, 0.25) is 5.88 Å². The van der Waals surface area contributed by atoms with Gasteiger partial charge in [-0.05, 0) is 26.0 Å². The van der Waals surface area contributed by atoms with Crippen molar-refractivity contribution in [2.75, 3.05) is 11.9 Å². The van der Waals surface area contributed by atoms with Crippen molar-refractivity contribution < 1.29 is 17.9 Å². The van der Waals surface area contributed by atoms with E-state index in [9.17, 15) is 13.2 Å². The molecule has 90 valence electrons. The van der Waals surface area contributed by atoms with Gasteiger partial charge in [0.05, 0.1) is 11.8 Å². The fraction of sp³-hybridized carbons (Fsp3) is 0.500. The number of hydrogen-bond donors (Lipinski definition) is 1. The largest absolute Gasteiger partial charge is 0.473 e. The maximum absolute atomic E-state index is 12.0. The van der Waals surface area contributed by atoms with Crippen LogP contribution in [0.1, 0.15) is 13.8 Å². The number of rotatable bonds is 4. The average molecular weight is 234 g/mol. The highest BCUT2D eigenvalue weighted by atomic mass is 19.4. The molecule has 0 amide bonds. The van der Waals surface area contributed by atoms with Gasteiger partial charge < -0.3 is 10.1 Å². The summed E-state index contributed by atoms with van der Waals surface area (Å²) in [6.45, 7) is 2.46. The van der Waals surface area contributed by atoms with E-state index in [1.807, 2.05) is 0 Å². The third-order valence-corrected chi connectivity index (χ3v) is 1.60. The van der Waals surface area contributed by atoms with E-state index in [2.05, 4.69) is 10.3 Å². The summed E-state index contributed by atoms with van der Waals surface area (Å²) in [7, 11) is 0. The number of nitrogens with zero attached hydrogens (tertiary/aromatic N) is 1. The van der Waals surface area contributed by atoms with Gasteiger partial charge in [0.1, 0.15) is 6.54 Å². The van der Waals surface area contributed by atoms with Crippen LogP contribution in [0.3, 0.4) is 0 Å². The van der Waals surface area contributed by atoms with Gasteiger partial charge in [-0.15, -0.1) is 0 Å². The molecule has 0 aromatic carbocycles. The summed E-state index contributed by atoms with van der Waals surface area (Å²) in [4.78, 5) is 3.87. The molecular formula is C10H13F3N2O. The van der Waals surface area contributed by atoms with Crippen molar-refractivity contribution in [2.24, 2.45) is 0 Å². The molecule has 0 saturated carbocycles. The number of halogens is 3. The molecule has 6 heteroatoms. The van der Waals surface area contributed by atoms with E-state index in [4.69, 9.17) is 4.74 Å². The molecule has 1 rings (SSSR count). The lowest BCUT2D eigenvalue weighted by Crippen LogP contribution is -2.22. The Labute approximate surface area is 91.6 Å². The highest BCUT2D eigenvalue weighted by molar-refractivity contribution is 5.52. The molecule has 0 fully saturated rings. The van der Waals surface area contributed by atoms with Crippen LogP contribution in [0.4, 0.5) is 18.9 Å². The summed E-state index contributed by atoms with van der Waals surface area (Å²) in [6.07, 6.45) is -2.93. The molecule has 0 spiro atoms. The van der Waals surface area contributed by atoms with E-state index >= 15 is 0 Å². The Morgan fingerprint density at radius 2 is 2.12 bits per heavy atom. The Morgan fingerprint density at radius 1 is 1.44 bits per heavy atom. The average Bonchev–Trinajstić information content (AvgIpc) is 2.14. The van der Waals surface area contributed by atoms with E-state index < -0.39 is 12.7 Å². The van der Waals surface area contributed by atoms with Crippen molar-refractivity contribution in [3.05, 3.63) is 18.3 Å². The zero-order valence-electron chi connectivity index (χ0n) is 9.01. The summed E-state index contributed by atoms with van der Waals surface area (Å²) < 4.78 is 41.3. The van der Waals surface area contributed by atoms with E-state index in [-0.39, 0.29) is 17.7 Å². The molecule has 16 heavy (non-hydrogen) atoms. The van der Waals surface area contributed by atoms with Crippen molar-refractivity contribution in [1.29, 1.82) is 0 Å². The van der Waals surface area contributed by atoms with Crippen LogP contribution < -0.4 is 10.1 Å². The summed E-state index contributed by atoms with van der Waals surface area (Å²) in [5.74, 6) is 0.182.